The number of thioether (sulfide) groups is 1. The van der Waals surface area contributed by atoms with E-state index in [1.165, 1.54) is 28.3 Å². The Labute approximate surface area is 226 Å². The van der Waals surface area contributed by atoms with E-state index in [1.807, 2.05) is 11.9 Å². The molecule has 0 saturated carbocycles. The predicted octanol–water partition coefficient (Wildman–Crippen LogP) is 6.45. The zero-order valence-corrected chi connectivity index (χ0v) is 22.6. The fourth-order valence-electron chi connectivity index (χ4n) is 4.07. The van der Waals surface area contributed by atoms with Crippen LogP contribution in [0.4, 0.5) is 15.8 Å². The summed E-state index contributed by atoms with van der Waals surface area (Å²) >= 11 is 1.21. The minimum absolute atomic E-state index is 0.0621. The molecule has 1 saturated heterocycles. The molecule has 1 amide bonds. The normalized spacial score (nSPS) is 15.6. The van der Waals surface area contributed by atoms with E-state index in [4.69, 9.17) is 5.11 Å². The van der Waals surface area contributed by atoms with Crippen LogP contribution < -0.4 is 4.90 Å². The van der Waals surface area contributed by atoms with Crippen LogP contribution in [-0.4, -0.2) is 41.1 Å². The predicted molar refractivity (Wildman–Crippen MR) is 152 cm³/mol. The number of halogens is 1. The molecule has 8 heteroatoms. The number of nitrogens with zero attached hydrogens (tertiary/aromatic N) is 3. The van der Waals surface area contributed by atoms with Crippen molar-refractivity contribution in [3.8, 4) is 0 Å². The van der Waals surface area contributed by atoms with Gasteiger partial charge in [0, 0.05) is 20.6 Å². The molecule has 1 aliphatic heterocycles. The lowest BCUT2D eigenvalue weighted by Gasteiger charge is -2.20. The molecule has 0 aromatic heterocycles. The molecule has 1 N–H and O–H groups in total. The van der Waals surface area contributed by atoms with Crippen molar-refractivity contribution in [2.75, 3.05) is 19.0 Å². The highest BCUT2D eigenvalue weighted by molar-refractivity contribution is 8.18. The van der Waals surface area contributed by atoms with Crippen molar-refractivity contribution in [2.24, 2.45) is 4.99 Å². The summed E-state index contributed by atoms with van der Waals surface area (Å²) in [6.45, 7) is 4.88. The van der Waals surface area contributed by atoms with E-state index in [-0.39, 0.29) is 18.1 Å². The molecule has 4 rings (SSSR count). The minimum atomic E-state index is -0.900. The highest BCUT2D eigenvalue weighted by atomic mass is 32.2. The van der Waals surface area contributed by atoms with E-state index in [0.29, 0.717) is 45.0 Å². The van der Waals surface area contributed by atoms with E-state index in [2.05, 4.69) is 43.1 Å². The van der Waals surface area contributed by atoms with Gasteiger partial charge < -0.3 is 10.0 Å². The molecule has 0 radical (unpaired) electrons. The van der Waals surface area contributed by atoms with Crippen LogP contribution in [0, 0.1) is 5.82 Å². The van der Waals surface area contributed by atoms with Crippen LogP contribution in [0.25, 0.3) is 6.08 Å². The van der Waals surface area contributed by atoms with Crippen molar-refractivity contribution in [3.05, 3.63) is 99.7 Å². The van der Waals surface area contributed by atoms with Crippen LogP contribution in [-0.2, 0) is 22.6 Å². The summed E-state index contributed by atoms with van der Waals surface area (Å²) in [5.41, 5.74) is 4.72. The van der Waals surface area contributed by atoms with Gasteiger partial charge in [0.1, 0.15) is 5.82 Å². The largest absolute Gasteiger partial charge is 0.481 e. The summed E-state index contributed by atoms with van der Waals surface area (Å²) in [4.78, 5) is 32.0. The molecule has 196 valence electrons. The second kappa shape index (κ2) is 11.6. The number of aliphatic carboxylic acids is 1. The van der Waals surface area contributed by atoms with Gasteiger partial charge in [0.05, 0.1) is 22.7 Å². The molecule has 6 nitrogen and oxygen atoms in total. The van der Waals surface area contributed by atoms with Gasteiger partial charge in [-0.05, 0) is 70.3 Å². The molecule has 0 atom stereocenters. The lowest BCUT2D eigenvalue weighted by molar-refractivity contribution is -0.136. The molecule has 0 bridgehead atoms. The van der Waals surface area contributed by atoms with Gasteiger partial charge in [0.2, 0.25) is 0 Å². The van der Waals surface area contributed by atoms with E-state index in [0.717, 1.165) is 5.56 Å². The Hall–Kier alpha value is -3.91. The second-order valence-electron chi connectivity index (χ2n) is 9.57. The summed E-state index contributed by atoms with van der Waals surface area (Å²) < 4.78 is 15.1. The first kappa shape index (κ1) is 27.1. The minimum Gasteiger partial charge on any atom is -0.481 e. The van der Waals surface area contributed by atoms with Crippen molar-refractivity contribution < 1.29 is 19.1 Å². The smallest absolute Gasteiger partial charge is 0.307 e. The number of aliphatic imine (C=N–C) groups is 1. The Bertz CT molecular complexity index is 1400. The topological polar surface area (TPSA) is 73.2 Å². The summed E-state index contributed by atoms with van der Waals surface area (Å²) in [5, 5.41) is 9.41. The lowest BCUT2D eigenvalue weighted by atomic mass is 10.0. The first-order valence-corrected chi connectivity index (χ1v) is 13.1. The lowest BCUT2D eigenvalue weighted by Crippen LogP contribution is -2.23. The maximum absolute atomic E-state index is 15.1. The van der Waals surface area contributed by atoms with Crippen LogP contribution in [0.15, 0.2) is 76.6 Å². The average molecular weight is 532 g/mol. The zero-order valence-electron chi connectivity index (χ0n) is 21.8. The number of carbonyl (C=O) groups is 2. The maximum Gasteiger partial charge on any atom is 0.307 e. The fraction of sp³-hybridized carbons (Fsp3) is 0.233. The first-order chi connectivity index (χ1) is 18.1. The monoisotopic (exact) mass is 531 g/mol. The number of amidine groups is 1. The third-order valence-electron chi connectivity index (χ3n) is 6.27. The van der Waals surface area contributed by atoms with Crippen LogP contribution >= 0.6 is 11.8 Å². The maximum atomic E-state index is 15.1. The number of hydrogen-bond acceptors (Lipinski definition) is 5. The van der Waals surface area contributed by atoms with Gasteiger partial charge in [0.15, 0.2) is 5.17 Å². The van der Waals surface area contributed by atoms with Crippen molar-refractivity contribution in [2.45, 2.75) is 32.7 Å². The van der Waals surface area contributed by atoms with Crippen LogP contribution in [0.1, 0.15) is 42.0 Å². The summed E-state index contributed by atoms with van der Waals surface area (Å²) in [6, 6.07) is 20.2. The van der Waals surface area contributed by atoms with Crippen molar-refractivity contribution in [1.82, 2.24) is 4.90 Å². The molecule has 0 spiro atoms. The molecular weight excluding hydrogens is 501 g/mol. The van der Waals surface area contributed by atoms with E-state index >= 15 is 4.39 Å². The van der Waals surface area contributed by atoms with Gasteiger partial charge in [-0.2, -0.15) is 0 Å². The third kappa shape index (κ3) is 6.50. The third-order valence-corrected chi connectivity index (χ3v) is 7.33. The van der Waals surface area contributed by atoms with Gasteiger partial charge >= 0.3 is 5.97 Å². The van der Waals surface area contributed by atoms with Gasteiger partial charge in [-0.1, -0.05) is 56.3 Å². The Balaban J connectivity index is 1.47. The average Bonchev–Trinajstić information content (AvgIpc) is 3.12. The summed E-state index contributed by atoms with van der Waals surface area (Å²) in [7, 11) is 3.50. The number of rotatable bonds is 8. The second-order valence-corrected chi connectivity index (χ2v) is 10.6. The van der Waals surface area contributed by atoms with E-state index in [1.54, 1.807) is 49.5 Å². The number of likely N-dealkylation sites (N-methyl/N-ethyl adjacent to an activating group) is 1. The number of amides is 1. The van der Waals surface area contributed by atoms with Crippen LogP contribution in [0.2, 0.25) is 0 Å². The van der Waals surface area contributed by atoms with Crippen molar-refractivity contribution in [1.29, 1.82) is 0 Å². The quantitative estimate of drug-likeness (QED) is 0.338. The van der Waals surface area contributed by atoms with Crippen molar-refractivity contribution in [3.63, 3.8) is 0 Å². The SMILES string of the molecule is CC(C)c1ccc(CN(C)c2ccc(/C=C3/SC(=Nc4ccc(CC(=O)O)cc4)N(C)C3=O)cc2F)cc1. The summed E-state index contributed by atoms with van der Waals surface area (Å²) in [5.74, 6) is -1.02. The standard InChI is InChI=1S/C30H30FN3O3S/c1-19(2)23-10-5-21(6-11-23)18-33(3)26-14-9-22(15-25(26)31)16-27-29(37)34(4)30(38-27)32-24-12-7-20(8-13-24)17-28(35)36/h5-16,19H,17-18H2,1-4H3,(H,35,36)/b27-16+,32-30?. The molecule has 38 heavy (non-hydrogen) atoms. The molecule has 1 aliphatic rings. The molecule has 3 aromatic rings. The molecular formula is C30H30FN3O3S. The van der Waals surface area contributed by atoms with Crippen LogP contribution in [0.3, 0.4) is 0 Å². The highest BCUT2D eigenvalue weighted by Crippen LogP contribution is 2.34. The molecule has 0 aliphatic carbocycles. The molecule has 1 fully saturated rings. The van der Waals surface area contributed by atoms with Gasteiger partial charge in [-0.3, -0.25) is 14.5 Å². The van der Waals surface area contributed by atoms with Gasteiger partial charge in [0.25, 0.3) is 5.91 Å². The Morgan fingerprint density at radius 1 is 1.08 bits per heavy atom. The number of hydrogen-bond donors (Lipinski definition) is 1. The summed E-state index contributed by atoms with van der Waals surface area (Å²) in [6.07, 6.45) is 1.60. The van der Waals surface area contributed by atoms with Crippen LogP contribution in [0.5, 0.6) is 0 Å². The van der Waals surface area contributed by atoms with Gasteiger partial charge in [-0.15, -0.1) is 0 Å². The van der Waals surface area contributed by atoms with Gasteiger partial charge in [-0.25, -0.2) is 9.38 Å². The zero-order chi connectivity index (χ0) is 27.4. The Morgan fingerprint density at radius 2 is 1.74 bits per heavy atom. The number of carboxylic acids is 1. The number of anilines is 1. The molecule has 1 heterocycles. The molecule has 3 aromatic carbocycles. The molecule has 0 unspecified atom stereocenters. The van der Waals surface area contributed by atoms with E-state index < -0.39 is 5.97 Å². The Morgan fingerprint density at radius 3 is 2.34 bits per heavy atom. The number of carbonyl (C=O) groups excluding carboxylic acids is 1. The Kier molecular flexibility index (Phi) is 8.32. The highest BCUT2D eigenvalue weighted by Gasteiger charge is 2.30. The van der Waals surface area contributed by atoms with E-state index in [9.17, 15) is 9.59 Å². The fourth-order valence-corrected chi connectivity index (χ4v) is 5.05. The number of benzene rings is 3. The number of carboxylic acid groups (broad SMARTS) is 1. The first-order valence-electron chi connectivity index (χ1n) is 12.3. The van der Waals surface area contributed by atoms with Crippen molar-refractivity contribution >= 4 is 46.3 Å².